The Labute approximate surface area is 594 Å². The number of esters is 4. The zero-order valence-corrected chi connectivity index (χ0v) is 63.2. The van der Waals surface area contributed by atoms with E-state index in [2.05, 4.69) is 113 Å². The fourth-order valence-corrected chi connectivity index (χ4v) is 11.5. The number of unbranched alkanes of at least 4 members (excludes halogenated alkanes) is 28. The van der Waals surface area contributed by atoms with Gasteiger partial charge in [0, 0.05) is 19.3 Å². The van der Waals surface area contributed by atoms with Gasteiger partial charge in [-0.1, -0.05) is 259 Å². The lowest BCUT2D eigenvalue weighted by molar-refractivity contribution is -0.161. The van der Waals surface area contributed by atoms with Gasteiger partial charge < -0.3 is 33.8 Å². The Balaban J connectivity index is 5.43. The van der Waals surface area contributed by atoms with Crippen LogP contribution in [0.3, 0.4) is 0 Å². The summed E-state index contributed by atoms with van der Waals surface area (Å²) in [6.45, 7) is 4.57. The van der Waals surface area contributed by atoms with Crippen molar-refractivity contribution in [1.82, 2.24) is 0 Å². The van der Waals surface area contributed by atoms with E-state index < -0.39 is 97.5 Å². The quantitative estimate of drug-likeness (QED) is 0.0169. The topological polar surface area (TPSA) is 237 Å². The fraction of sp³-hybridized carbons (Fsp3) is 0.722. The molecule has 5 unspecified atom stereocenters. The summed E-state index contributed by atoms with van der Waals surface area (Å²) in [5.74, 6) is -2.35. The molecule has 98 heavy (non-hydrogen) atoms. The van der Waals surface area contributed by atoms with E-state index in [-0.39, 0.29) is 25.7 Å². The van der Waals surface area contributed by atoms with Crippen LogP contribution in [0.4, 0.5) is 0 Å². The van der Waals surface area contributed by atoms with Crippen LogP contribution in [0, 0.1) is 0 Å². The average Bonchev–Trinajstić information content (AvgIpc) is 0.959. The molecule has 0 radical (unpaired) electrons. The number of carbonyl (C=O) groups excluding carboxylic acids is 4. The van der Waals surface area contributed by atoms with Crippen LogP contribution in [0.15, 0.2) is 109 Å². The molecule has 0 aliphatic rings. The summed E-state index contributed by atoms with van der Waals surface area (Å²) < 4.78 is 68.3. The van der Waals surface area contributed by atoms with Gasteiger partial charge in [0.05, 0.1) is 32.8 Å². The first-order valence-corrected chi connectivity index (χ1v) is 41.1. The molecule has 0 saturated carbocycles. The van der Waals surface area contributed by atoms with Crippen LogP contribution in [-0.2, 0) is 65.4 Å². The number of phosphoric ester groups is 2. The second-order valence-electron chi connectivity index (χ2n) is 25.2. The number of ether oxygens (including phenoxy) is 4. The highest BCUT2D eigenvalue weighted by molar-refractivity contribution is 7.47. The summed E-state index contributed by atoms with van der Waals surface area (Å²) in [4.78, 5) is 72.8. The molecule has 19 heteroatoms. The predicted octanol–water partition coefficient (Wildman–Crippen LogP) is 21.8. The summed E-state index contributed by atoms with van der Waals surface area (Å²) in [5.41, 5.74) is 0. The zero-order chi connectivity index (χ0) is 71.8. The van der Waals surface area contributed by atoms with Crippen molar-refractivity contribution in [2.24, 2.45) is 0 Å². The van der Waals surface area contributed by atoms with Crippen LogP contribution in [0.5, 0.6) is 0 Å². The van der Waals surface area contributed by atoms with Crippen molar-refractivity contribution in [2.75, 3.05) is 39.6 Å². The van der Waals surface area contributed by atoms with Gasteiger partial charge in [-0.15, -0.1) is 0 Å². The molecule has 3 N–H and O–H groups in total. The van der Waals surface area contributed by atoms with E-state index in [9.17, 15) is 43.2 Å². The normalized spacial score (nSPS) is 14.6. The molecular formula is C79H136O17P2. The third-order valence-electron chi connectivity index (χ3n) is 15.7. The summed E-state index contributed by atoms with van der Waals surface area (Å²) in [6, 6.07) is 0. The lowest BCUT2D eigenvalue weighted by atomic mass is 10.1. The van der Waals surface area contributed by atoms with Crippen LogP contribution in [-0.4, -0.2) is 96.7 Å². The number of rotatable bonds is 71. The maximum atomic E-state index is 13.1. The molecule has 0 aromatic rings. The van der Waals surface area contributed by atoms with Crippen LogP contribution in [0.1, 0.15) is 310 Å². The Kier molecular flexibility index (Phi) is 68.0. The number of aliphatic hydroxyl groups excluding tert-OH is 1. The van der Waals surface area contributed by atoms with Crippen molar-refractivity contribution in [2.45, 2.75) is 329 Å². The minimum absolute atomic E-state index is 0.0641. The van der Waals surface area contributed by atoms with Gasteiger partial charge in [-0.05, 0) is 135 Å². The highest BCUT2D eigenvalue weighted by Crippen LogP contribution is 2.45. The van der Waals surface area contributed by atoms with Gasteiger partial charge in [0.25, 0.3) is 0 Å². The Hall–Kier alpha value is -4.28. The summed E-state index contributed by atoms with van der Waals surface area (Å²) in [7, 11) is -9.98. The van der Waals surface area contributed by atoms with Crippen LogP contribution >= 0.6 is 15.6 Å². The molecule has 0 spiro atoms. The van der Waals surface area contributed by atoms with Gasteiger partial charge in [-0.25, -0.2) is 9.13 Å². The second kappa shape index (κ2) is 71.1. The summed E-state index contributed by atoms with van der Waals surface area (Å²) >= 11 is 0. The van der Waals surface area contributed by atoms with E-state index in [0.29, 0.717) is 25.7 Å². The molecule has 564 valence electrons. The number of carbonyl (C=O) groups is 4. The maximum absolute atomic E-state index is 13.1. The highest BCUT2D eigenvalue weighted by Gasteiger charge is 2.30. The lowest BCUT2D eigenvalue weighted by Gasteiger charge is -2.21. The molecule has 0 aromatic carbocycles. The molecule has 0 fully saturated rings. The Morgan fingerprint density at radius 1 is 0.306 bits per heavy atom. The zero-order valence-electron chi connectivity index (χ0n) is 61.4. The van der Waals surface area contributed by atoms with Crippen molar-refractivity contribution in [3.63, 3.8) is 0 Å². The monoisotopic (exact) mass is 1420 g/mol. The van der Waals surface area contributed by atoms with E-state index in [1.807, 2.05) is 18.2 Å². The van der Waals surface area contributed by atoms with Gasteiger partial charge in [0.2, 0.25) is 0 Å². The third kappa shape index (κ3) is 70.2. The minimum atomic E-state index is -4.99. The van der Waals surface area contributed by atoms with Crippen LogP contribution in [0.25, 0.3) is 0 Å². The van der Waals surface area contributed by atoms with Crippen molar-refractivity contribution in [1.29, 1.82) is 0 Å². The molecule has 0 aliphatic heterocycles. The Morgan fingerprint density at radius 2 is 0.571 bits per heavy atom. The summed E-state index contributed by atoms with van der Waals surface area (Å²) in [6.07, 6.45) is 75.4. The van der Waals surface area contributed by atoms with Crippen molar-refractivity contribution in [3.8, 4) is 0 Å². The number of allylic oxidation sites excluding steroid dienone is 17. The molecule has 0 aliphatic carbocycles. The van der Waals surface area contributed by atoms with Gasteiger partial charge in [0.15, 0.2) is 12.2 Å². The number of hydrogen-bond acceptors (Lipinski definition) is 15. The standard InChI is InChI=1S/C79H136O17P2/c1-5-9-13-17-21-25-29-33-36-40-43-47-51-55-59-63-76(81)89-69-74(95-78(83)65-61-57-53-49-45-39-32-28-24-20-16-12-8-4)71-93-97(85,86)91-67-73(80)68-92-98(87,88)94-72-75(96-79(84)66-62-58-54-50-46-42-38-35-31-27-23-19-15-11-7-3)70-90-77(82)64-60-56-52-48-44-41-37-34-30-26-22-18-14-10-6-2/h9,13,21-22,25-26,28,32-38,43,47,55,59,73-75,80H,5-8,10-12,14-20,23-24,27,29-31,39-42,44-46,48-54,56-58,60-72H2,1-4H3,(H,85,86)(H,87,88)/b13-9-,25-21-,26-22-,32-28-,36-33-,37-34-,38-35-,47-43-,59-55-. The van der Waals surface area contributed by atoms with Gasteiger partial charge in [0.1, 0.15) is 19.3 Å². The number of phosphoric acid groups is 2. The molecule has 0 aromatic heterocycles. The van der Waals surface area contributed by atoms with Gasteiger partial charge in [-0.2, -0.15) is 0 Å². The Bertz CT molecular complexity index is 2290. The number of aliphatic hydroxyl groups is 1. The predicted molar refractivity (Wildman–Crippen MR) is 399 cm³/mol. The van der Waals surface area contributed by atoms with E-state index in [4.69, 9.17) is 37.0 Å². The van der Waals surface area contributed by atoms with Crippen LogP contribution in [0.2, 0.25) is 0 Å². The van der Waals surface area contributed by atoms with Crippen molar-refractivity contribution >= 4 is 39.5 Å². The largest absolute Gasteiger partial charge is 0.472 e. The Morgan fingerprint density at radius 3 is 0.949 bits per heavy atom. The first-order chi connectivity index (χ1) is 47.7. The average molecular weight is 1420 g/mol. The first kappa shape index (κ1) is 93.7. The van der Waals surface area contributed by atoms with Crippen LogP contribution < -0.4 is 0 Å². The summed E-state index contributed by atoms with van der Waals surface area (Å²) in [5, 5.41) is 10.6. The lowest BCUT2D eigenvalue weighted by Crippen LogP contribution is -2.30. The van der Waals surface area contributed by atoms with E-state index in [0.717, 1.165) is 148 Å². The smallest absolute Gasteiger partial charge is 0.462 e. The van der Waals surface area contributed by atoms with E-state index in [1.54, 1.807) is 6.08 Å². The molecule has 17 nitrogen and oxygen atoms in total. The van der Waals surface area contributed by atoms with E-state index >= 15 is 0 Å². The van der Waals surface area contributed by atoms with E-state index in [1.165, 1.54) is 83.5 Å². The molecule has 0 bridgehead atoms. The maximum Gasteiger partial charge on any atom is 0.472 e. The minimum Gasteiger partial charge on any atom is -0.462 e. The fourth-order valence-electron chi connectivity index (χ4n) is 9.90. The van der Waals surface area contributed by atoms with Crippen molar-refractivity contribution < 1.29 is 80.2 Å². The van der Waals surface area contributed by atoms with Gasteiger partial charge in [-0.3, -0.25) is 37.3 Å². The second-order valence-corrected chi connectivity index (χ2v) is 28.1. The third-order valence-corrected chi connectivity index (χ3v) is 17.6. The molecule has 5 atom stereocenters. The van der Waals surface area contributed by atoms with Gasteiger partial charge >= 0.3 is 39.5 Å². The highest BCUT2D eigenvalue weighted by atomic mass is 31.2. The first-order valence-electron chi connectivity index (χ1n) is 38.1. The van der Waals surface area contributed by atoms with Crippen molar-refractivity contribution in [3.05, 3.63) is 109 Å². The molecular weight excluding hydrogens is 1280 g/mol. The SMILES string of the molecule is CC/C=C\C/C=C\C/C=C\C/C=C\C/C=C\CC(=O)OCC(COP(=O)(O)OCC(O)COP(=O)(O)OCC(COC(=O)CCCCCCC/C=C\C/C=C\CCCCC)OC(=O)CCCCCCC/C=C\CCCCCCCC)OC(=O)CCCCCCC/C=C\CCCCCC. The molecule has 0 saturated heterocycles. The molecule has 0 heterocycles. The molecule has 0 rings (SSSR count). The number of hydrogen-bond donors (Lipinski definition) is 3. The molecule has 0 amide bonds.